The van der Waals surface area contributed by atoms with Crippen LogP contribution in [0.4, 0.5) is 0 Å². The average molecular weight is 358 g/mol. The Bertz CT molecular complexity index is 899. The van der Waals surface area contributed by atoms with E-state index in [0.29, 0.717) is 17.5 Å². The highest BCUT2D eigenvalue weighted by Gasteiger charge is 2.47. The largest absolute Gasteiger partial charge is 0.480 e. The number of para-hydroxylation sites is 2. The number of fused-ring (bicyclic) bond motifs is 2. The molecule has 1 aliphatic carbocycles. The van der Waals surface area contributed by atoms with E-state index in [9.17, 15) is 19.5 Å². The number of carboxylic acids is 1. The monoisotopic (exact) mass is 358 g/mol. The number of aromatic nitrogens is 1. The molecule has 7 heteroatoms. The number of hydrogen-bond donors (Lipinski definition) is 1. The van der Waals surface area contributed by atoms with Crippen LogP contribution in [0.25, 0.3) is 11.1 Å². The molecular weight excluding hydrogens is 336 g/mol. The van der Waals surface area contributed by atoms with Crippen molar-refractivity contribution in [3.05, 3.63) is 34.8 Å². The number of carbonyl (C=O) groups is 2. The molecule has 4 rings (SSSR count). The molecule has 1 N–H and O–H groups in total. The van der Waals surface area contributed by atoms with E-state index in [1.165, 1.54) is 4.57 Å². The van der Waals surface area contributed by atoms with E-state index in [1.807, 2.05) is 6.07 Å². The Kier molecular flexibility index (Phi) is 4.30. The standard InChI is InChI=1S/C19H22N2O5/c22-17(9-10-20-14-7-3-4-8-16(14)26-19(20)25)21-13-6-2-1-5-12(13)11-15(21)18(23)24/h3-4,7-8,12-13,15H,1-2,5-6,9-11H2,(H,23,24). The normalized spacial score (nSPS) is 25.4. The molecule has 0 spiro atoms. The third kappa shape index (κ3) is 2.81. The van der Waals surface area contributed by atoms with E-state index in [2.05, 4.69) is 0 Å². The summed E-state index contributed by atoms with van der Waals surface area (Å²) in [6.45, 7) is 0.189. The van der Waals surface area contributed by atoms with Crippen LogP contribution in [-0.2, 0) is 16.1 Å². The molecule has 1 saturated heterocycles. The van der Waals surface area contributed by atoms with E-state index < -0.39 is 17.8 Å². The van der Waals surface area contributed by atoms with Gasteiger partial charge in [-0.15, -0.1) is 0 Å². The van der Waals surface area contributed by atoms with Gasteiger partial charge in [-0.25, -0.2) is 9.59 Å². The van der Waals surface area contributed by atoms with Crippen LogP contribution in [0.2, 0.25) is 0 Å². The second-order valence-corrected chi connectivity index (χ2v) is 7.24. The summed E-state index contributed by atoms with van der Waals surface area (Å²) in [5, 5.41) is 9.55. The van der Waals surface area contributed by atoms with Gasteiger partial charge in [0.1, 0.15) is 6.04 Å². The van der Waals surface area contributed by atoms with E-state index in [4.69, 9.17) is 4.42 Å². The first-order valence-electron chi connectivity index (χ1n) is 9.18. The van der Waals surface area contributed by atoms with Crippen molar-refractivity contribution in [3.8, 4) is 0 Å². The molecule has 138 valence electrons. The molecule has 0 radical (unpaired) electrons. The van der Waals surface area contributed by atoms with Crippen molar-refractivity contribution in [1.29, 1.82) is 0 Å². The number of likely N-dealkylation sites (tertiary alicyclic amines) is 1. The minimum atomic E-state index is -0.932. The van der Waals surface area contributed by atoms with Gasteiger partial charge in [0.2, 0.25) is 5.91 Å². The summed E-state index contributed by atoms with van der Waals surface area (Å²) in [5.74, 6) is -1.33. The first-order valence-corrected chi connectivity index (χ1v) is 9.18. The molecule has 3 unspecified atom stereocenters. The van der Waals surface area contributed by atoms with Crippen LogP contribution in [-0.4, -0.2) is 38.5 Å². The number of aryl methyl sites for hydroxylation is 1. The fraction of sp³-hybridized carbons (Fsp3) is 0.526. The number of oxazole rings is 1. The predicted octanol–water partition coefficient (Wildman–Crippen LogP) is 2.23. The van der Waals surface area contributed by atoms with Crippen LogP contribution in [0.15, 0.2) is 33.5 Å². The van der Waals surface area contributed by atoms with Gasteiger partial charge >= 0.3 is 11.7 Å². The van der Waals surface area contributed by atoms with Crippen molar-refractivity contribution >= 4 is 23.0 Å². The number of carbonyl (C=O) groups excluding carboxylic acids is 1. The van der Waals surface area contributed by atoms with Gasteiger partial charge in [-0.1, -0.05) is 25.0 Å². The van der Waals surface area contributed by atoms with Gasteiger partial charge in [-0.05, 0) is 37.3 Å². The molecule has 1 saturated carbocycles. The minimum Gasteiger partial charge on any atom is -0.480 e. The second kappa shape index (κ2) is 6.63. The number of aliphatic carboxylic acids is 1. The number of nitrogens with zero attached hydrogens (tertiary/aromatic N) is 2. The van der Waals surface area contributed by atoms with Crippen LogP contribution >= 0.6 is 0 Å². The Morgan fingerprint density at radius 2 is 1.96 bits per heavy atom. The molecule has 2 aromatic rings. The molecule has 0 bridgehead atoms. The fourth-order valence-corrected chi connectivity index (χ4v) is 4.60. The number of amides is 1. The van der Waals surface area contributed by atoms with Gasteiger partial charge < -0.3 is 14.4 Å². The average Bonchev–Trinajstić information content (AvgIpc) is 3.17. The number of benzene rings is 1. The van der Waals surface area contributed by atoms with E-state index in [0.717, 1.165) is 25.7 Å². The van der Waals surface area contributed by atoms with Crippen molar-refractivity contribution in [2.24, 2.45) is 5.92 Å². The maximum absolute atomic E-state index is 12.9. The van der Waals surface area contributed by atoms with Crippen molar-refractivity contribution in [3.63, 3.8) is 0 Å². The Labute approximate surface area is 150 Å². The van der Waals surface area contributed by atoms with Gasteiger partial charge in [0, 0.05) is 19.0 Å². The van der Waals surface area contributed by atoms with Gasteiger partial charge in [0.15, 0.2) is 5.58 Å². The van der Waals surface area contributed by atoms with Crippen molar-refractivity contribution in [1.82, 2.24) is 9.47 Å². The lowest BCUT2D eigenvalue weighted by Crippen LogP contribution is -2.46. The maximum atomic E-state index is 12.9. The molecule has 1 aromatic heterocycles. The van der Waals surface area contributed by atoms with E-state index >= 15 is 0 Å². The Morgan fingerprint density at radius 3 is 2.77 bits per heavy atom. The van der Waals surface area contributed by atoms with Gasteiger partial charge in [0.05, 0.1) is 5.52 Å². The van der Waals surface area contributed by atoms with Gasteiger partial charge in [0.25, 0.3) is 0 Å². The highest BCUT2D eigenvalue weighted by Crippen LogP contribution is 2.40. The summed E-state index contributed by atoms with van der Waals surface area (Å²) in [6.07, 6.45) is 4.63. The summed E-state index contributed by atoms with van der Waals surface area (Å²) in [4.78, 5) is 38.2. The summed E-state index contributed by atoms with van der Waals surface area (Å²) < 4.78 is 6.63. The predicted molar refractivity (Wildman–Crippen MR) is 93.7 cm³/mol. The van der Waals surface area contributed by atoms with Crippen LogP contribution in [0.3, 0.4) is 0 Å². The molecule has 3 atom stereocenters. The van der Waals surface area contributed by atoms with E-state index in [-0.39, 0.29) is 30.8 Å². The zero-order valence-corrected chi connectivity index (χ0v) is 14.5. The molecule has 1 aliphatic heterocycles. The highest BCUT2D eigenvalue weighted by atomic mass is 16.4. The highest BCUT2D eigenvalue weighted by molar-refractivity contribution is 5.85. The first kappa shape index (κ1) is 16.9. The zero-order chi connectivity index (χ0) is 18.3. The molecule has 2 heterocycles. The molecule has 26 heavy (non-hydrogen) atoms. The van der Waals surface area contributed by atoms with Crippen molar-refractivity contribution < 1.29 is 19.1 Å². The van der Waals surface area contributed by atoms with Crippen molar-refractivity contribution in [2.45, 2.75) is 57.2 Å². The van der Waals surface area contributed by atoms with Crippen LogP contribution < -0.4 is 5.76 Å². The van der Waals surface area contributed by atoms with E-state index in [1.54, 1.807) is 23.1 Å². The Hall–Kier alpha value is -2.57. The lowest BCUT2D eigenvalue weighted by molar-refractivity contribution is -0.150. The third-order valence-electron chi connectivity index (χ3n) is 5.78. The number of carboxylic acid groups (broad SMARTS) is 1. The first-order chi connectivity index (χ1) is 12.6. The molecule has 7 nitrogen and oxygen atoms in total. The maximum Gasteiger partial charge on any atom is 0.419 e. The molecule has 2 aliphatic rings. The molecular formula is C19H22N2O5. The van der Waals surface area contributed by atoms with Gasteiger partial charge in [-0.2, -0.15) is 0 Å². The van der Waals surface area contributed by atoms with Crippen molar-refractivity contribution in [2.75, 3.05) is 0 Å². The van der Waals surface area contributed by atoms with Crippen LogP contribution in [0, 0.1) is 5.92 Å². The Balaban J connectivity index is 1.54. The number of hydrogen-bond acceptors (Lipinski definition) is 4. The molecule has 1 amide bonds. The lowest BCUT2D eigenvalue weighted by atomic mass is 9.84. The van der Waals surface area contributed by atoms with Crippen LogP contribution in [0.1, 0.15) is 38.5 Å². The quantitative estimate of drug-likeness (QED) is 0.905. The minimum absolute atomic E-state index is 0.0233. The summed E-state index contributed by atoms with van der Waals surface area (Å²) in [7, 11) is 0. The smallest absolute Gasteiger partial charge is 0.419 e. The summed E-state index contributed by atoms with van der Waals surface area (Å²) in [5.41, 5.74) is 1.14. The lowest BCUT2D eigenvalue weighted by Gasteiger charge is -2.33. The number of rotatable bonds is 4. The Morgan fingerprint density at radius 1 is 1.19 bits per heavy atom. The SMILES string of the molecule is O=C(O)C1CC2CCCCC2N1C(=O)CCn1c(=O)oc2ccccc21. The molecule has 2 fully saturated rings. The van der Waals surface area contributed by atoms with Gasteiger partial charge in [-0.3, -0.25) is 9.36 Å². The fourth-order valence-electron chi connectivity index (χ4n) is 4.60. The zero-order valence-electron chi connectivity index (χ0n) is 14.5. The summed E-state index contributed by atoms with van der Waals surface area (Å²) >= 11 is 0. The van der Waals surface area contributed by atoms with Crippen LogP contribution in [0.5, 0.6) is 0 Å². The molecule has 1 aromatic carbocycles. The third-order valence-corrected chi connectivity index (χ3v) is 5.78. The second-order valence-electron chi connectivity index (χ2n) is 7.24. The summed E-state index contributed by atoms with van der Waals surface area (Å²) in [6, 6.07) is 6.36. The topological polar surface area (TPSA) is 92.8 Å².